The maximum absolute atomic E-state index is 13.3. The van der Waals surface area contributed by atoms with Crippen LogP contribution in [0.2, 0.25) is 0 Å². The molecule has 1 unspecified atom stereocenters. The molecule has 2 amide bonds. The lowest BCUT2D eigenvalue weighted by Gasteiger charge is -2.38. The second-order valence-corrected chi connectivity index (χ2v) is 10.9. The summed E-state index contributed by atoms with van der Waals surface area (Å²) in [5, 5.41) is 5.24. The number of hydrogen-bond acceptors (Lipinski definition) is 4. The Labute approximate surface area is 215 Å². The number of piperidine rings is 1. The van der Waals surface area contributed by atoms with Crippen molar-refractivity contribution < 1.29 is 9.59 Å². The second-order valence-electron chi connectivity index (χ2n) is 9.00. The molecule has 1 aromatic carbocycles. The zero-order valence-corrected chi connectivity index (χ0v) is 22.3. The van der Waals surface area contributed by atoms with E-state index in [2.05, 4.69) is 49.7 Å². The van der Waals surface area contributed by atoms with Crippen LogP contribution in [0, 0.1) is 5.41 Å². The summed E-state index contributed by atoms with van der Waals surface area (Å²) in [6.07, 6.45) is 4.26. The van der Waals surface area contributed by atoms with Crippen molar-refractivity contribution in [2.24, 2.45) is 5.41 Å². The zero-order chi connectivity index (χ0) is 22.6. The molecule has 2 aliphatic heterocycles. The number of carbonyl (C=O) groups is 2. The molecule has 1 aromatic heterocycles. The van der Waals surface area contributed by atoms with Crippen molar-refractivity contribution in [3.63, 3.8) is 0 Å². The van der Waals surface area contributed by atoms with Gasteiger partial charge in [-0.1, -0.05) is 41.1 Å². The third-order valence-corrected chi connectivity index (χ3v) is 8.49. The predicted molar refractivity (Wildman–Crippen MR) is 140 cm³/mol. The molecule has 2 aromatic rings. The van der Waals surface area contributed by atoms with Crippen LogP contribution in [0.4, 0.5) is 0 Å². The molecule has 0 bridgehead atoms. The Hall–Kier alpha value is -1.41. The summed E-state index contributed by atoms with van der Waals surface area (Å²) in [5.41, 5.74) is 1.01. The number of hydrogen-bond donors (Lipinski definition) is 1. The molecule has 0 radical (unpaired) electrons. The summed E-state index contributed by atoms with van der Waals surface area (Å²) in [5.74, 6) is 0.440. The second kappa shape index (κ2) is 11.8. The lowest BCUT2D eigenvalue weighted by Crippen LogP contribution is -2.45. The lowest BCUT2D eigenvalue weighted by atomic mass is 9.77. The first-order valence-corrected chi connectivity index (χ1v) is 13.3. The Balaban J connectivity index is 0.00000306. The van der Waals surface area contributed by atoms with Gasteiger partial charge in [0.2, 0.25) is 11.8 Å². The smallest absolute Gasteiger partial charge is 0.229 e. The van der Waals surface area contributed by atoms with Gasteiger partial charge in [-0.15, -0.1) is 23.7 Å². The summed E-state index contributed by atoms with van der Waals surface area (Å²) < 4.78 is 1.06. The highest BCUT2D eigenvalue weighted by Crippen LogP contribution is 2.42. The van der Waals surface area contributed by atoms with Crippen LogP contribution in [0.15, 0.2) is 46.3 Å². The van der Waals surface area contributed by atoms with Crippen LogP contribution in [0.5, 0.6) is 0 Å². The van der Waals surface area contributed by atoms with Crippen LogP contribution < -0.4 is 5.32 Å². The summed E-state index contributed by atoms with van der Waals surface area (Å²) in [6.45, 7) is 6.31. The maximum atomic E-state index is 13.3. The number of amides is 2. The molecule has 3 heterocycles. The van der Waals surface area contributed by atoms with E-state index >= 15 is 0 Å². The molecule has 2 fully saturated rings. The van der Waals surface area contributed by atoms with E-state index in [4.69, 9.17) is 0 Å². The number of nitrogens with one attached hydrogen (secondary N) is 1. The number of carbonyl (C=O) groups excluding carboxylic acids is 2. The highest BCUT2D eigenvalue weighted by molar-refractivity contribution is 9.10. The van der Waals surface area contributed by atoms with Crippen LogP contribution in [-0.4, -0.2) is 47.8 Å². The van der Waals surface area contributed by atoms with Gasteiger partial charge in [-0.05, 0) is 67.9 Å². The average Bonchev–Trinajstić information content (AvgIpc) is 3.44. The van der Waals surface area contributed by atoms with Crippen LogP contribution in [0.3, 0.4) is 0 Å². The van der Waals surface area contributed by atoms with E-state index in [1.807, 2.05) is 30.0 Å². The Morgan fingerprint density at radius 3 is 2.48 bits per heavy atom. The molecule has 0 aliphatic carbocycles. The van der Waals surface area contributed by atoms with Gasteiger partial charge >= 0.3 is 0 Å². The molecule has 0 saturated carbocycles. The Bertz CT molecular complexity index is 914. The highest BCUT2D eigenvalue weighted by Gasteiger charge is 2.47. The maximum Gasteiger partial charge on any atom is 0.229 e. The summed E-state index contributed by atoms with van der Waals surface area (Å²) >= 11 is 5.18. The van der Waals surface area contributed by atoms with Crippen LogP contribution in [0.1, 0.15) is 55.5 Å². The molecule has 1 N–H and O–H groups in total. The fourth-order valence-corrected chi connectivity index (χ4v) is 5.98. The molecule has 1 atom stereocenters. The molecule has 180 valence electrons. The van der Waals surface area contributed by atoms with Crippen molar-refractivity contribution in [3.8, 4) is 0 Å². The number of nitrogens with zero attached hydrogens (tertiary/aromatic N) is 2. The number of halogens is 2. The van der Waals surface area contributed by atoms with E-state index in [-0.39, 0.29) is 29.8 Å². The summed E-state index contributed by atoms with van der Waals surface area (Å²) in [4.78, 5) is 31.0. The third-order valence-electron chi connectivity index (χ3n) is 6.98. The molecule has 2 saturated heterocycles. The van der Waals surface area contributed by atoms with Crippen molar-refractivity contribution in [2.45, 2.75) is 51.6 Å². The van der Waals surface area contributed by atoms with Gasteiger partial charge in [-0.2, -0.15) is 0 Å². The highest BCUT2D eigenvalue weighted by atomic mass is 79.9. The third kappa shape index (κ3) is 6.38. The van der Waals surface area contributed by atoms with E-state index < -0.39 is 0 Å². The van der Waals surface area contributed by atoms with Crippen LogP contribution in [0.25, 0.3) is 0 Å². The van der Waals surface area contributed by atoms with Crippen molar-refractivity contribution in [2.75, 3.05) is 26.2 Å². The van der Waals surface area contributed by atoms with E-state index in [1.54, 1.807) is 11.3 Å². The number of rotatable bonds is 8. The largest absolute Gasteiger partial charge is 0.348 e. The zero-order valence-electron chi connectivity index (χ0n) is 19.1. The fourth-order valence-electron chi connectivity index (χ4n) is 4.91. The fraction of sp³-hybridized carbons (Fsp3) is 0.520. The topological polar surface area (TPSA) is 52.7 Å². The summed E-state index contributed by atoms with van der Waals surface area (Å²) in [7, 11) is 0. The molecular weight excluding hydrogens is 522 g/mol. The predicted octanol–water partition coefficient (Wildman–Crippen LogP) is 5.40. The molecule has 33 heavy (non-hydrogen) atoms. The van der Waals surface area contributed by atoms with E-state index in [0.29, 0.717) is 18.9 Å². The van der Waals surface area contributed by atoms with Crippen molar-refractivity contribution in [1.82, 2.24) is 15.1 Å². The van der Waals surface area contributed by atoms with Crippen molar-refractivity contribution >= 4 is 51.5 Å². The van der Waals surface area contributed by atoms with Crippen molar-refractivity contribution in [1.29, 1.82) is 0 Å². The van der Waals surface area contributed by atoms with Crippen LogP contribution >= 0.6 is 39.7 Å². The Kier molecular flexibility index (Phi) is 9.39. The molecule has 8 heteroatoms. The van der Waals surface area contributed by atoms with Gasteiger partial charge in [0.25, 0.3) is 0 Å². The van der Waals surface area contributed by atoms with E-state index in [9.17, 15) is 9.59 Å². The molecule has 5 nitrogen and oxygen atoms in total. The molecule has 4 rings (SSSR count). The number of benzene rings is 1. The average molecular weight is 555 g/mol. The quantitative estimate of drug-likeness (QED) is 0.475. The Morgan fingerprint density at radius 1 is 1.15 bits per heavy atom. The van der Waals surface area contributed by atoms with Gasteiger partial charge in [-0.3, -0.25) is 9.59 Å². The molecular formula is C25H33BrClN3O2S. The molecule has 2 aliphatic rings. The van der Waals surface area contributed by atoms with Crippen LogP contribution in [-0.2, 0) is 16.1 Å². The SMILES string of the molecule is CCC(=O)NC(CCN1CCC2(CC1)CCN(Cc1ccc(Br)cc1)C2=O)c1cccs1.Cl. The van der Waals surface area contributed by atoms with E-state index in [0.717, 1.165) is 56.3 Å². The van der Waals surface area contributed by atoms with Gasteiger partial charge in [0.05, 0.1) is 11.5 Å². The molecule has 1 spiro atoms. The van der Waals surface area contributed by atoms with Gasteiger partial charge in [0.1, 0.15) is 0 Å². The minimum absolute atomic E-state index is 0. The monoisotopic (exact) mass is 553 g/mol. The normalized spacial score (nSPS) is 18.8. The first-order chi connectivity index (χ1) is 15.5. The van der Waals surface area contributed by atoms with Crippen molar-refractivity contribution in [3.05, 3.63) is 56.7 Å². The van der Waals surface area contributed by atoms with Gasteiger partial charge in [0.15, 0.2) is 0 Å². The summed E-state index contributed by atoms with van der Waals surface area (Å²) in [6, 6.07) is 12.5. The number of thiophene rings is 1. The minimum atomic E-state index is -0.171. The van der Waals surface area contributed by atoms with Gasteiger partial charge in [-0.25, -0.2) is 0 Å². The Morgan fingerprint density at radius 2 is 1.85 bits per heavy atom. The minimum Gasteiger partial charge on any atom is -0.348 e. The van der Waals surface area contributed by atoms with Gasteiger partial charge < -0.3 is 15.1 Å². The standard InChI is InChI=1S/C25H32BrN3O2S.ClH/c1-2-23(30)27-21(22-4-3-17-32-22)9-13-28-14-10-25(11-15-28)12-16-29(24(25)31)18-19-5-7-20(26)8-6-19;/h3-8,17,21H,2,9-16,18H2,1H3,(H,27,30);1H. The van der Waals surface area contributed by atoms with E-state index in [1.165, 1.54) is 10.4 Å². The lowest BCUT2D eigenvalue weighted by molar-refractivity contribution is -0.139. The first kappa shape index (κ1) is 26.2. The number of likely N-dealkylation sites (tertiary alicyclic amines) is 2. The van der Waals surface area contributed by atoms with Gasteiger partial charge in [0, 0.05) is 35.4 Å². The first-order valence-electron chi connectivity index (χ1n) is 11.6.